The Bertz CT molecular complexity index is 943. The molecule has 140 valence electrons. The first-order valence-corrected chi connectivity index (χ1v) is 9.77. The summed E-state index contributed by atoms with van der Waals surface area (Å²) in [6.45, 7) is 5.92. The molecule has 7 heteroatoms. The lowest BCUT2D eigenvalue weighted by Crippen LogP contribution is -2.28. The topological polar surface area (TPSA) is 70.6 Å². The predicted molar refractivity (Wildman–Crippen MR) is 112 cm³/mol. The first kappa shape index (κ1) is 19.5. The van der Waals surface area contributed by atoms with Gasteiger partial charge in [0.05, 0.1) is 5.69 Å². The zero-order valence-corrected chi connectivity index (χ0v) is 16.9. The number of carbonyl (C=O) groups is 2. The summed E-state index contributed by atoms with van der Waals surface area (Å²) in [5.41, 5.74) is 4.62. The lowest BCUT2D eigenvalue weighted by molar-refractivity contribution is -0.122. The summed E-state index contributed by atoms with van der Waals surface area (Å²) in [4.78, 5) is 28.9. The average Bonchev–Trinajstić information content (AvgIpc) is 2.93. The van der Waals surface area contributed by atoms with Crippen LogP contribution in [-0.2, 0) is 9.59 Å². The number of anilines is 1. The quantitative estimate of drug-likeness (QED) is 0.791. The van der Waals surface area contributed by atoms with Gasteiger partial charge in [-0.25, -0.2) is 4.99 Å². The molecule has 1 fully saturated rings. The Kier molecular flexibility index (Phi) is 5.87. The van der Waals surface area contributed by atoms with Crippen molar-refractivity contribution in [1.82, 2.24) is 5.32 Å². The van der Waals surface area contributed by atoms with Crippen molar-refractivity contribution in [2.75, 3.05) is 5.32 Å². The standard InChI is InChI=1S/C20H20ClN3O2S/c1-11-4-6-14(8-13(11)3)22-18(25)10-17-19(26)24-20(27-17)23-15-7-5-12(2)16(21)9-15/h4-9,17H,10H2,1-3H3,(H,22,25)(H,23,24,26). The van der Waals surface area contributed by atoms with E-state index in [4.69, 9.17) is 11.6 Å². The molecule has 1 saturated heterocycles. The number of halogens is 1. The summed E-state index contributed by atoms with van der Waals surface area (Å²) in [6.07, 6.45) is 0.0805. The van der Waals surface area contributed by atoms with Crippen molar-refractivity contribution in [2.24, 2.45) is 4.99 Å². The number of carbonyl (C=O) groups excluding carboxylic acids is 2. The summed E-state index contributed by atoms with van der Waals surface area (Å²) in [7, 11) is 0. The largest absolute Gasteiger partial charge is 0.326 e. The zero-order chi connectivity index (χ0) is 19.6. The fourth-order valence-corrected chi connectivity index (χ4v) is 3.72. The van der Waals surface area contributed by atoms with Crippen molar-refractivity contribution in [3.63, 3.8) is 0 Å². The van der Waals surface area contributed by atoms with E-state index in [1.54, 1.807) is 6.07 Å². The molecule has 1 unspecified atom stereocenters. The van der Waals surface area contributed by atoms with Gasteiger partial charge in [0.15, 0.2) is 5.17 Å². The maximum Gasteiger partial charge on any atom is 0.240 e. The van der Waals surface area contributed by atoms with Crippen molar-refractivity contribution in [1.29, 1.82) is 0 Å². The van der Waals surface area contributed by atoms with E-state index in [0.29, 0.717) is 15.9 Å². The molecule has 2 amide bonds. The minimum absolute atomic E-state index is 0.0805. The second kappa shape index (κ2) is 8.15. The number of thioether (sulfide) groups is 1. The van der Waals surface area contributed by atoms with E-state index in [-0.39, 0.29) is 18.2 Å². The number of amidine groups is 1. The van der Waals surface area contributed by atoms with Gasteiger partial charge in [-0.3, -0.25) is 9.59 Å². The van der Waals surface area contributed by atoms with Crippen LogP contribution in [-0.4, -0.2) is 22.2 Å². The minimum atomic E-state index is -0.504. The molecule has 0 radical (unpaired) electrons. The number of nitrogens with zero attached hydrogens (tertiary/aromatic N) is 1. The number of aryl methyl sites for hydroxylation is 3. The molecule has 3 rings (SSSR count). The zero-order valence-electron chi connectivity index (χ0n) is 15.3. The molecular weight excluding hydrogens is 382 g/mol. The minimum Gasteiger partial charge on any atom is -0.326 e. The fourth-order valence-electron chi connectivity index (χ4n) is 2.56. The Hall–Kier alpha value is -2.31. The first-order chi connectivity index (χ1) is 12.8. The van der Waals surface area contributed by atoms with Crippen LogP contribution in [0.5, 0.6) is 0 Å². The van der Waals surface area contributed by atoms with E-state index in [9.17, 15) is 9.59 Å². The first-order valence-electron chi connectivity index (χ1n) is 8.51. The van der Waals surface area contributed by atoms with Crippen LogP contribution in [0.4, 0.5) is 11.4 Å². The van der Waals surface area contributed by atoms with E-state index in [2.05, 4.69) is 15.6 Å². The van der Waals surface area contributed by atoms with Gasteiger partial charge in [0.25, 0.3) is 0 Å². The number of hydrogen-bond acceptors (Lipinski definition) is 4. The molecule has 2 aromatic rings. The van der Waals surface area contributed by atoms with Crippen LogP contribution in [0.2, 0.25) is 5.02 Å². The van der Waals surface area contributed by atoms with Crippen molar-refractivity contribution >= 4 is 51.7 Å². The van der Waals surface area contributed by atoms with Gasteiger partial charge >= 0.3 is 0 Å². The fraction of sp³-hybridized carbons (Fsp3) is 0.250. The van der Waals surface area contributed by atoms with E-state index in [0.717, 1.165) is 22.4 Å². The molecule has 0 saturated carbocycles. The van der Waals surface area contributed by atoms with Crippen LogP contribution in [0.25, 0.3) is 0 Å². The Balaban J connectivity index is 1.63. The molecule has 5 nitrogen and oxygen atoms in total. The Morgan fingerprint density at radius 2 is 1.89 bits per heavy atom. The monoisotopic (exact) mass is 401 g/mol. The Morgan fingerprint density at radius 3 is 2.59 bits per heavy atom. The predicted octanol–water partition coefficient (Wildman–Crippen LogP) is 4.51. The molecule has 0 aromatic heterocycles. The molecular formula is C20H20ClN3O2S. The maximum atomic E-state index is 12.3. The average molecular weight is 402 g/mol. The highest BCUT2D eigenvalue weighted by Crippen LogP contribution is 2.28. The Morgan fingerprint density at radius 1 is 1.15 bits per heavy atom. The number of rotatable bonds is 4. The summed E-state index contributed by atoms with van der Waals surface area (Å²) in [5, 5.41) is 6.16. The van der Waals surface area contributed by atoms with Gasteiger partial charge in [0.2, 0.25) is 11.8 Å². The molecule has 1 atom stereocenters. The highest BCUT2D eigenvalue weighted by Gasteiger charge is 2.32. The van der Waals surface area contributed by atoms with Crippen molar-refractivity contribution in [2.45, 2.75) is 32.4 Å². The summed E-state index contributed by atoms with van der Waals surface area (Å²) in [5.74, 6) is -0.419. The summed E-state index contributed by atoms with van der Waals surface area (Å²) >= 11 is 7.36. The lowest BCUT2D eigenvalue weighted by atomic mass is 10.1. The van der Waals surface area contributed by atoms with Gasteiger partial charge in [-0.2, -0.15) is 0 Å². The van der Waals surface area contributed by atoms with Gasteiger partial charge < -0.3 is 10.6 Å². The maximum absolute atomic E-state index is 12.3. The van der Waals surface area contributed by atoms with Crippen LogP contribution in [0, 0.1) is 20.8 Å². The van der Waals surface area contributed by atoms with Crippen molar-refractivity contribution in [3.05, 3.63) is 58.1 Å². The van der Waals surface area contributed by atoms with Crippen molar-refractivity contribution in [3.8, 4) is 0 Å². The summed E-state index contributed by atoms with van der Waals surface area (Å²) < 4.78 is 0. The molecule has 0 bridgehead atoms. The van der Waals surface area contributed by atoms with Crippen LogP contribution >= 0.6 is 23.4 Å². The highest BCUT2D eigenvalue weighted by molar-refractivity contribution is 8.15. The second-order valence-electron chi connectivity index (χ2n) is 6.50. The van der Waals surface area contributed by atoms with Crippen LogP contribution in [0.1, 0.15) is 23.1 Å². The van der Waals surface area contributed by atoms with E-state index in [1.165, 1.54) is 11.8 Å². The lowest BCUT2D eigenvalue weighted by Gasteiger charge is -2.09. The molecule has 2 aromatic carbocycles. The van der Waals surface area contributed by atoms with Crippen LogP contribution < -0.4 is 10.6 Å². The molecule has 1 aliphatic heterocycles. The van der Waals surface area contributed by atoms with E-state index in [1.807, 2.05) is 51.1 Å². The number of aliphatic imine (C=N–C) groups is 1. The summed E-state index contributed by atoms with van der Waals surface area (Å²) in [6, 6.07) is 11.2. The second-order valence-corrected chi connectivity index (χ2v) is 8.10. The molecule has 27 heavy (non-hydrogen) atoms. The smallest absolute Gasteiger partial charge is 0.240 e. The number of hydrogen-bond donors (Lipinski definition) is 2. The Labute approximate surface area is 167 Å². The molecule has 0 spiro atoms. The van der Waals surface area contributed by atoms with E-state index < -0.39 is 5.25 Å². The third-order valence-electron chi connectivity index (χ3n) is 4.32. The highest BCUT2D eigenvalue weighted by atomic mass is 35.5. The molecule has 0 aliphatic carbocycles. The van der Waals surface area contributed by atoms with Gasteiger partial charge in [-0.1, -0.05) is 35.5 Å². The molecule has 2 N–H and O–H groups in total. The van der Waals surface area contributed by atoms with E-state index >= 15 is 0 Å². The third-order valence-corrected chi connectivity index (χ3v) is 5.81. The van der Waals surface area contributed by atoms with Gasteiger partial charge in [0, 0.05) is 17.1 Å². The normalized spacial score (nSPS) is 17.9. The van der Waals surface area contributed by atoms with Gasteiger partial charge in [0.1, 0.15) is 5.25 Å². The molecule has 1 aliphatic rings. The van der Waals surface area contributed by atoms with Crippen molar-refractivity contribution < 1.29 is 9.59 Å². The molecule has 1 heterocycles. The third kappa shape index (κ3) is 4.90. The van der Waals surface area contributed by atoms with Crippen LogP contribution in [0.15, 0.2) is 41.4 Å². The number of nitrogens with one attached hydrogen (secondary N) is 2. The van der Waals surface area contributed by atoms with Crippen LogP contribution in [0.3, 0.4) is 0 Å². The number of amides is 2. The SMILES string of the molecule is Cc1ccc(NC(=O)CC2SC(=Nc3ccc(C)c(Cl)c3)NC2=O)cc1C. The van der Waals surface area contributed by atoms with Gasteiger partial charge in [-0.05, 0) is 61.7 Å². The number of benzene rings is 2. The van der Waals surface area contributed by atoms with Gasteiger partial charge in [-0.15, -0.1) is 0 Å².